The van der Waals surface area contributed by atoms with Crippen molar-refractivity contribution in [2.45, 2.75) is 52.2 Å². The Labute approximate surface area is 147 Å². The number of halogens is 1. The largest absolute Gasteiger partial charge is 0.377 e. The smallest absolute Gasteiger partial charge is 0.191 e. The topological polar surface area (TPSA) is 48.9 Å². The number of aliphatic imine (C=N–C) groups is 1. The Morgan fingerprint density at radius 2 is 1.95 bits per heavy atom. The van der Waals surface area contributed by atoms with Gasteiger partial charge in [0.15, 0.2) is 5.96 Å². The molecular formula is C15H33IN4O. The van der Waals surface area contributed by atoms with Crippen molar-refractivity contribution in [1.29, 1.82) is 0 Å². The van der Waals surface area contributed by atoms with Crippen molar-refractivity contribution in [3.63, 3.8) is 0 Å². The molecular weight excluding hydrogens is 379 g/mol. The number of hydrogen-bond acceptors (Lipinski definition) is 3. The zero-order chi connectivity index (χ0) is 15.0. The Kier molecular flexibility index (Phi) is 10.6. The molecule has 6 heteroatoms. The molecule has 0 aromatic carbocycles. The highest BCUT2D eigenvalue weighted by molar-refractivity contribution is 14.0. The molecule has 126 valence electrons. The van der Waals surface area contributed by atoms with E-state index in [-0.39, 0.29) is 29.6 Å². The molecule has 1 aliphatic carbocycles. The minimum Gasteiger partial charge on any atom is -0.377 e. The number of methoxy groups -OCH3 is 1. The van der Waals surface area contributed by atoms with Crippen LogP contribution in [0.25, 0.3) is 0 Å². The fraction of sp³-hybridized carbons (Fsp3) is 0.933. The Hall–Kier alpha value is -0.0800. The summed E-state index contributed by atoms with van der Waals surface area (Å²) in [6.45, 7) is 13.1. The van der Waals surface area contributed by atoms with Crippen molar-refractivity contribution >= 4 is 29.9 Å². The van der Waals surface area contributed by atoms with Crippen molar-refractivity contribution < 1.29 is 4.74 Å². The standard InChI is InChI=1S/C15H32N4O.HI/c1-6-16-14(18-12-15(3,4)20-5)17-10-11-19(7-2)13-8-9-13;/h13H,6-12H2,1-5H3,(H2,16,17,18);1H. The predicted octanol–water partition coefficient (Wildman–Crippen LogP) is 2.07. The molecule has 0 radical (unpaired) electrons. The number of rotatable bonds is 9. The molecule has 0 heterocycles. The van der Waals surface area contributed by atoms with Crippen LogP contribution in [0.4, 0.5) is 0 Å². The van der Waals surface area contributed by atoms with Crippen LogP contribution in [0.15, 0.2) is 4.99 Å². The van der Waals surface area contributed by atoms with E-state index in [0.717, 1.165) is 38.2 Å². The summed E-state index contributed by atoms with van der Waals surface area (Å²) in [6.07, 6.45) is 2.73. The van der Waals surface area contributed by atoms with E-state index in [1.165, 1.54) is 12.8 Å². The molecule has 0 amide bonds. The maximum Gasteiger partial charge on any atom is 0.191 e. The van der Waals surface area contributed by atoms with E-state index in [2.05, 4.69) is 34.4 Å². The number of nitrogens with one attached hydrogen (secondary N) is 2. The van der Waals surface area contributed by atoms with Crippen molar-refractivity contribution in [3.05, 3.63) is 0 Å². The average molecular weight is 412 g/mol. The average Bonchev–Trinajstić information content (AvgIpc) is 3.25. The van der Waals surface area contributed by atoms with Crippen molar-refractivity contribution in [2.24, 2.45) is 4.99 Å². The molecule has 0 atom stereocenters. The molecule has 0 unspecified atom stereocenters. The van der Waals surface area contributed by atoms with Gasteiger partial charge in [-0.3, -0.25) is 9.89 Å². The molecule has 1 rings (SSSR count). The summed E-state index contributed by atoms with van der Waals surface area (Å²) in [6, 6.07) is 0.828. The van der Waals surface area contributed by atoms with Crippen LogP contribution >= 0.6 is 24.0 Å². The zero-order valence-corrected chi connectivity index (χ0v) is 16.6. The van der Waals surface area contributed by atoms with E-state index in [1.54, 1.807) is 7.11 Å². The van der Waals surface area contributed by atoms with E-state index in [9.17, 15) is 0 Å². The fourth-order valence-electron chi connectivity index (χ4n) is 2.03. The third kappa shape index (κ3) is 8.83. The lowest BCUT2D eigenvalue weighted by Gasteiger charge is -2.23. The molecule has 5 nitrogen and oxygen atoms in total. The highest BCUT2D eigenvalue weighted by atomic mass is 127. The Morgan fingerprint density at radius 1 is 1.29 bits per heavy atom. The Bertz CT molecular complexity index is 306. The number of hydrogen-bond donors (Lipinski definition) is 2. The lowest BCUT2D eigenvalue weighted by molar-refractivity contribution is 0.0310. The van der Waals surface area contributed by atoms with Gasteiger partial charge in [0.1, 0.15) is 0 Å². The monoisotopic (exact) mass is 412 g/mol. The van der Waals surface area contributed by atoms with Gasteiger partial charge in [0.2, 0.25) is 0 Å². The SMILES string of the molecule is CCNC(=NCC(C)(C)OC)NCCN(CC)C1CC1.I. The maximum absolute atomic E-state index is 5.40. The van der Waals surface area contributed by atoms with Gasteiger partial charge in [-0.2, -0.15) is 0 Å². The summed E-state index contributed by atoms with van der Waals surface area (Å²) in [5.74, 6) is 0.879. The maximum atomic E-state index is 5.40. The van der Waals surface area contributed by atoms with Gasteiger partial charge in [0.05, 0.1) is 12.1 Å². The summed E-state index contributed by atoms with van der Waals surface area (Å²) in [7, 11) is 1.73. The van der Waals surface area contributed by atoms with E-state index in [1.807, 2.05) is 13.8 Å². The van der Waals surface area contributed by atoms with E-state index in [4.69, 9.17) is 4.74 Å². The molecule has 1 aliphatic rings. The second-order valence-corrected chi connectivity index (χ2v) is 5.95. The predicted molar refractivity (Wildman–Crippen MR) is 101 cm³/mol. The second-order valence-electron chi connectivity index (χ2n) is 5.95. The van der Waals surface area contributed by atoms with Gasteiger partial charge >= 0.3 is 0 Å². The third-order valence-electron chi connectivity index (χ3n) is 3.68. The summed E-state index contributed by atoms with van der Waals surface area (Å²) in [5.41, 5.74) is -0.216. The van der Waals surface area contributed by atoms with Crippen LogP contribution < -0.4 is 10.6 Å². The van der Waals surface area contributed by atoms with Crippen LogP contribution in [0.5, 0.6) is 0 Å². The number of ether oxygens (including phenoxy) is 1. The molecule has 0 aliphatic heterocycles. The van der Waals surface area contributed by atoms with Crippen LogP contribution in [-0.2, 0) is 4.74 Å². The van der Waals surface area contributed by atoms with Gasteiger partial charge < -0.3 is 15.4 Å². The molecule has 0 saturated heterocycles. The summed E-state index contributed by atoms with van der Waals surface area (Å²) in [5, 5.41) is 6.69. The Morgan fingerprint density at radius 3 is 2.43 bits per heavy atom. The molecule has 0 aromatic rings. The van der Waals surface area contributed by atoms with Crippen LogP contribution in [0.1, 0.15) is 40.5 Å². The highest BCUT2D eigenvalue weighted by Gasteiger charge is 2.27. The van der Waals surface area contributed by atoms with Crippen molar-refractivity contribution in [3.8, 4) is 0 Å². The van der Waals surface area contributed by atoms with Gasteiger partial charge in [-0.05, 0) is 40.2 Å². The van der Waals surface area contributed by atoms with Crippen molar-refractivity contribution in [2.75, 3.05) is 39.8 Å². The zero-order valence-electron chi connectivity index (χ0n) is 14.2. The van der Waals surface area contributed by atoms with Gasteiger partial charge in [-0.25, -0.2) is 0 Å². The van der Waals surface area contributed by atoms with Gasteiger partial charge in [-0.1, -0.05) is 6.92 Å². The molecule has 1 saturated carbocycles. The number of likely N-dealkylation sites (N-methyl/N-ethyl adjacent to an activating group) is 1. The molecule has 1 fully saturated rings. The summed E-state index contributed by atoms with van der Waals surface area (Å²) < 4.78 is 5.40. The van der Waals surface area contributed by atoms with Gasteiger partial charge in [0, 0.05) is 32.8 Å². The van der Waals surface area contributed by atoms with Gasteiger partial charge in [-0.15, -0.1) is 24.0 Å². The first-order valence-electron chi connectivity index (χ1n) is 7.83. The molecule has 0 bridgehead atoms. The molecule has 0 spiro atoms. The third-order valence-corrected chi connectivity index (χ3v) is 3.68. The van der Waals surface area contributed by atoms with Gasteiger partial charge in [0.25, 0.3) is 0 Å². The lowest BCUT2D eigenvalue weighted by Crippen LogP contribution is -2.43. The molecule has 21 heavy (non-hydrogen) atoms. The fourth-order valence-corrected chi connectivity index (χ4v) is 2.03. The van der Waals surface area contributed by atoms with E-state index < -0.39 is 0 Å². The van der Waals surface area contributed by atoms with Crippen LogP contribution in [0.3, 0.4) is 0 Å². The van der Waals surface area contributed by atoms with Crippen LogP contribution in [0, 0.1) is 0 Å². The minimum atomic E-state index is -0.216. The van der Waals surface area contributed by atoms with E-state index in [0.29, 0.717) is 6.54 Å². The second kappa shape index (κ2) is 10.6. The first-order valence-corrected chi connectivity index (χ1v) is 7.83. The lowest BCUT2D eigenvalue weighted by atomic mass is 10.1. The first-order chi connectivity index (χ1) is 9.52. The quantitative estimate of drug-likeness (QED) is 0.346. The molecule has 2 N–H and O–H groups in total. The number of guanidine groups is 1. The normalized spacial score (nSPS) is 15.8. The highest BCUT2D eigenvalue weighted by Crippen LogP contribution is 2.25. The summed E-state index contributed by atoms with van der Waals surface area (Å²) >= 11 is 0. The van der Waals surface area contributed by atoms with Crippen LogP contribution in [-0.4, -0.2) is 62.3 Å². The molecule has 0 aromatic heterocycles. The van der Waals surface area contributed by atoms with E-state index >= 15 is 0 Å². The number of nitrogens with zero attached hydrogens (tertiary/aromatic N) is 2. The first kappa shape index (κ1) is 20.9. The Balaban J connectivity index is 0.00000400. The van der Waals surface area contributed by atoms with Crippen molar-refractivity contribution in [1.82, 2.24) is 15.5 Å². The summed E-state index contributed by atoms with van der Waals surface area (Å²) in [4.78, 5) is 7.13. The minimum absolute atomic E-state index is 0. The van der Waals surface area contributed by atoms with Crippen LogP contribution in [0.2, 0.25) is 0 Å².